The first kappa shape index (κ1) is 26.7. The first-order valence-corrected chi connectivity index (χ1v) is 10.9. The summed E-state index contributed by atoms with van der Waals surface area (Å²) in [5.41, 5.74) is 4.57. The van der Waals surface area contributed by atoms with Gasteiger partial charge in [-0.15, -0.1) is 0 Å². The predicted octanol–water partition coefficient (Wildman–Crippen LogP) is 1.81. The molecule has 37 heavy (non-hydrogen) atoms. The molecule has 12 nitrogen and oxygen atoms in total. The third kappa shape index (κ3) is 6.63. The normalized spacial score (nSPS) is 14.9. The maximum absolute atomic E-state index is 12.3. The van der Waals surface area contributed by atoms with Crippen LogP contribution in [0.5, 0.6) is 11.5 Å². The second-order valence-electron chi connectivity index (χ2n) is 7.67. The van der Waals surface area contributed by atoms with E-state index in [4.69, 9.17) is 14.2 Å². The molecule has 1 heterocycles. The topological polar surface area (TPSA) is 154 Å². The minimum atomic E-state index is -0.775. The van der Waals surface area contributed by atoms with Gasteiger partial charge in [-0.3, -0.25) is 4.79 Å². The van der Waals surface area contributed by atoms with Crippen LogP contribution in [0.25, 0.3) is 0 Å². The summed E-state index contributed by atoms with van der Waals surface area (Å²) in [5, 5.41) is 9.11. The zero-order valence-corrected chi connectivity index (χ0v) is 20.6. The largest absolute Gasteiger partial charge is 0.493 e. The van der Waals surface area contributed by atoms with E-state index in [2.05, 4.69) is 25.9 Å². The molecule has 0 saturated heterocycles. The predicted molar refractivity (Wildman–Crippen MR) is 131 cm³/mol. The van der Waals surface area contributed by atoms with E-state index in [1.165, 1.54) is 27.5 Å². The number of nitrogens with one attached hydrogen (secondary N) is 3. The molecular formula is C25H26N4O8. The van der Waals surface area contributed by atoms with Crippen molar-refractivity contribution in [2.24, 2.45) is 5.10 Å². The van der Waals surface area contributed by atoms with E-state index in [-0.39, 0.29) is 23.7 Å². The lowest BCUT2D eigenvalue weighted by molar-refractivity contribution is -0.136. The van der Waals surface area contributed by atoms with Crippen molar-refractivity contribution in [3.05, 3.63) is 70.4 Å². The van der Waals surface area contributed by atoms with Gasteiger partial charge in [0.25, 0.3) is 5.91 Å². The maximum atomic E-state index is 12.3. The number of urea groups is 1. The summed E-state index contributed by atoms with van der Waals surface area (Å²) in [6, 6.07) is 10.0. The lowest BCUT2D eigenvalue weighted by atomic mass is 9.95. The van der Waals surface area contributed by atoms with Crippen molar-refractivity contribution in [3.8, 4) is 11.5 Å². The van der Waals surface area contributed by atoms with Crippen molar-refractivity contribution in [3.63, 3.8) is 0 Å². The molecule has 0 spiro atoms. The van der Waals surface area contributed by atoms with Crippen LogP contribution in [-0.2, 0) is 19.1 Å². The molecule has 3 rings (SSSR count). The molecule has 0 saturated carbocycles. The fourth-order valence-corrected chi connectivity index (χ4v) is 3.48. The lowest BCUT2D eigenvalue weighted by Gasteiger charge is -2.28. The molecule has 1 aliphatic rings. The third-order valence-corrected chi connectivity index (χ3v) is 5.29. The zero-order chi connectivity index (χ0) is 26.9. The summed E-state index contributed by atoms with van der Waals surface area (Å²) in [6.07, 6.45) is 1.41. The van der Waals surface area contributed by atoms with Crippen LogP contribution in [0.3, 0.4) is 0 Å². The van der Waals surface area contributed by atoms with E-state index >= 15 is 0 Å². The molecule has 0 fully saturated rings. The molecule has 0 bridgehead atoms. The molecule has 194 valence electrons. The molecule has 3 N–H and O–H groups in total. The Hall–Kier alpha value is -4.87. The Morgan fingerprint density at radius 2 is 1.70 bits per heavy atom. The number of carbonyl (C=O) groups excluding carboxylic acids is 4. The number of hydrogen-bond acceptors (Lipinski definition) is 9. The average Bonchev–Trinajstić information content (AvgIpc) is 2.90. The molecule has 12 heteroatoms. The number of carbonyl (C=O) groups is 4. The number of hydrogen-bond donors (Lipinski definition) is 3. The van der Waals surface area contributed by atoms with Crippen LogP contribution in [0.1, 0.15) is 34.5 Å². The SMILES string of the molecule is COC(=O)C1=C(C)NC(=O)N[C@H]1c1ccc(OCC(=O)N/N=C\c2ccc(C(=O)OC)cc2)c(OC)c1. The Morgan fingerprint density at radius 1 is 1.00 bits per heavy atom. The minimum absolute atomic E-state index is 0.245. The number of benzene rings is 2. The first-order chi connectivity index (χ1) is 17.8. The lowest BCUT2D eigenvalue weighted by Crippen LogP contribution is -2.45. The Morgan fingerprint density at radius 3 is 2.35 bits per heavy atom. The number of methoxy groups -OCH3 is 3. The molecule has 0 aliphatic carbocycles. The number of rotatable bonds is 9. The molecule has 2 aromatic carbocycles. The molecule has 1 atom stereocenters. The molecule has 0 radical (unpaired) electrons. The monoisotopic (exact) mass is 510 g/mol. The number of nitrogens with zero attached hydrogens (tertiary/aromatic N) is 1. The van der Waals surface area contributed by atoms with Crippen LogP contribution in [0.15, 0.2) is 58.8 Å². The van der Waals surface area contributed by atoms with E-state index in [1.807, 2.05) is 0 Å². The minimum Gasteiger partial charge on any atom is -0.493 e. The van der Waals surface area contributed by atoms with Gasteiger partial charge in [0.15, 0.2) is 18.1 Å². The maximum Gasteiger partial charge on any atom is 0.337 e. The van der Waals surface area contributed by atoms with Gasteiger partial charge in [-0.05, 0) is 42.3 Å². The van der Waals surface area contributed by atoms with Crippen molar-refractivity contribution >= 4 is 30.1 Å². The van der Waals surface area contributed by atoms with E-state index < -0.39 is 29.9 Å². The fourth-order valence-electron chi connectivity index (χ4n) is 3.48. The van der Waals surface area contributed by atoms with Gasteiger partial charge in [0, 0.05) is 5.70 Å². The van der Waals surface area contributed by atoms with Crippen LogP contribution >= 0.6 is 0 Å². The quantitative estimate of drug-likeness (QED) is 0.262. The summed E-state index contributed by atoms with van der Waals surface area (Å²) < 4.78 is 20.4. The van der Waals surface area contributed by atoms with E-state index in [0.717, 1.165) is 0 Å². The number of amides is 3. The van der Waals surface area contributed by atoms with Crippen molar-refractivity contribution in [2.45, 2.75) is 13.0 Å². The van der Waals surface area contributed by atoms with Crippen LogP contribution in [0.4, 0.5) is 4.79 Å². The van der Waals surface area contributed by atoms with E-state index in [0.29, 0.717) is 22.4 Å². The van der Waals surface area contributed by atoms with Crippen molar-refractivity contribution in [1.29, 1.82) is 0 Å². The summed E-state index contributed by atoms with van der Waals surface area (Å²) in [7, 11) is 3.97. The number of esters is 2. The second kappa shape index (κ2) is 12.2. The number of ether oxygens (including phenoxy) is 4. The smallest absolute Gasteiger partial charge is 0.337 e. The molecular weight excluding hydrogens is 484 g/mol. The van der Waals surface area contributed by atoms with Gasteiger partial charge in [-0.1, -0.05) is 18.2 Å². The highest BCUT2D eigenvalue weighted by atomic mass is 16.5. The fraction of sp³-hybridized carbons (Fsp3) is 0.240. The highest BCUT2D eigenvalue weighted by molar-refractivity contribution is 5.95. The first-order valence-electron chi connectivity index (χ1n) is 10.9. The summed E-state index contributed by atoms with van der Waals surface area (Å²) in [4.78, 5) is 47.9. The van der Waals surface area contributed by atoms with Crippen LogP contribution in [0.2, 0.25) is 0 Å². The Balaban J connectivity index is 1.64. The van der Waals surface area contributed by atoms with Gasteiger partial charge in [0.1, 0.15) is 0 Å². The number of allylic oxidation sites excluding steroid dienone is 1. The number of hydrazone groups is 1. The Kier molecular flexibility index (Phi) is 8.81. The van der Waals surface area contributed by atoms with E-state index in [1.54, 1.807) is 49.4 Å². The Bertz CT molecular complexity index is 1250. The summed E-state index contributed by atoms with van der Waals surface area (Å²) in [5.74, 6) is -1.01. The molecule has 1 aliphatic heterocycles. The average molecular weight is 511 g/mol. The molecule has 3 amide bonds. The summed E-state index contributed by atoms with van der Waals surface area (Å²) >= 11 is 0. The van der Waals surface area contributed by atoms with Crippen molar-refractivity contribution in [1.82, 2.24) is 16.1 Å². The van der Waals surface area contributed by atoms with Crippen LogP contribution < -0.4 is 25.5 Å². The highest BCUT2D eigenvalue weighted by Crippen LogP contribution is 2.34. The third-order valence-electron chi connectivity index (χ3n) is 5.29. The van der Waals surface area contributed by atoms with E-state index in [9.17, 15) is 19.2 Å². The molecule has 0 aromatic heterocycles. The Labute approximate surface area is 212 Å². The van der Waals surface area contributed by atoms with Crippen LogP contribution in [0, 0.1) is 0 Å². The molecule has 0 unspecified atom stereocenters. The van der Waals surface area contributed by atoms with Crippen molar-refractivity contribution in [2.75, 3.05) is 27.9 Å². The van der Waals surface area contributed by atoms with Gasteiger partial charge in [0.05, 0.1) is 44.7 Å². The van der Waals surface area contributed by atoms with Crippen molar-refractivity contribution < 1.29 is 38.1 Å². The zero-order valence-electron chi connectivity index (χ0n) is 20.6. The van der Waals surface area contributed by atoms with Gasteiger partial charge in [0.2, 0.25) is 0 Å². The van der Waals surface area contributed by atoms with Gasteiger partial charge >= 0.3 is 18.0 Å². The van der Waals surface area contributed by atoms with Gasteiger partial charge < -0.3 is 29.6 Å². The highest BCUT2D eigenvalue weighted by Gasteiger charge is 2.32. The second-order valence-corrected chi connectivity index (χ2v) is 7.67. The van der Waals surface area contributed by atoms with Crippen LogP contribution in [-0.4, -0.2) is 58.0 Å². The van der Waals surface area contributed by atoms with Gasteiger partial charge in [-0.25, -0.2) is 19.8 Å². The summed E-state index contributed by atoms with van der Waals surface area (Å²) in [6.45, 7) is 1.25. The molecule has 2 aromatic rings. The van der Waals surface area contributed by atoms with Gasteiger partial charge in [-0.2, -0.15) is 5.10 Å². The standard InChI is InChI=1S/C25H26N4O8/c1-14-21(24(32)36-4)22(28-25(33)27-14)17-9-10-18(19(11-17)34-2)37-13-20(30)29-26-12-15-5-7-16(8-6-15)23(31)35-3/h5-12,22H,13H2,1-4H3,(H,29,30)(H2,27,28,33)/b26-12-/t22-/m0/s1.